The van der Waals surface area contributed by atoms with Crippen molar-refractivity contribution in [3.05, 3.63) is 0 Å². The van der Waals surface area contributed by atoms with Crippen molar-refractivity contribution in [2.24, 2.45) is 5.92 Å². The molecule has 0 aromatic rings. The van der Waals surface area contributed by atoms with E-state index in [2.05, 4.69) is 31.6 Å². The number of unbranched alkanes of at least 4 members (excludes halogenated alkanes) is 11. The standard InChI is InChI=1S/C21H36O/c1-4-21(22)19-17-15-13-11-9-7-5-6-8-10-12-14-16-18-20(2)3/h1,20-22H,5-16,18H2,2-3H3. The summed E-state index contributed by atoms with van der Waals surface area (Å²) in [5.41, 5.74) is 0. The highest BCUT2D eigenvalue weighted by Gasteiger charge is 1.95. The fourth-order valence-electron chi connectivity index (χ4n) is 2.57. The van der Waals surface area contributed by atoms with Crippen LogP contribution < -0.4 is 0 Å². The summed E-state index contributed by atoms with van der Waals surface area (Å²) < 4.78 is 0. The average Bonchev–Trinajstić information content (AvgIpc) is 2.50. The molecule has 0 saturated carbocycles. The van der Waals surface area contributed by atoms with E-state index in [0.717, 1.165) is 18.8 Å². The molecule has 126 valence electrons. The van der Waals surface area contributed by atoms with E-state index in [4.69, 9.17) is 11.5 Å². The van der Waals surface area contributed by atoms with Gasteiger partial charge in [-0.2, -0.15) is 0 Å². The molecule has 1 nitrogen and oxygen atoms in total. The zero-order chi connectivity index (χ0) is 16.5. The van der Waals surface area contributed by atoms with Gasteiger partial charge >= 0.3 is 0 Å². The maximum absolute atomic E-state index is 9.06. The predicted octanol–water partition coefficient (Wildman–Crippen LogP) is 5.71. The molecular weight excluding hydrogens is 268 g/mol. The highest BCUT2D eigenvalue weighted by atomic mass is 16.3. The van der Waals surface area contributed by atoms with Crippen LogP contribution >= 0.6 is 0 Å². The monoisotopic (exact) mass is 304 g/mol. The van der Waals surface area contributed by atoms with Gasteiger partial charge in [-0.3, -0.25) is 0 Å². The fourth-order valence-corrected chi connectivity index (χ4v) is 2.57. The molecule has 0 aliphatic heterocycles. The number of rotatable bonds is 13. The minimum absolute atomic E-state index is 0.856. The molecule has 0 aliphatic carbocycles. The van der Waals surface area contributed by atoms with Gasteiger partial charge in [0.2, 0.25) is 0 Å². The quantitative estimate of drug-likeness (QED) is 0.341. The molecule has 0 fully saturated rings. The smallest absolute Gasteiger partial charge is 0.176 e. The SMILES string of the molecule is C#CC(O)C#CCCCCCCCCCCCCCC(C)C. The van der Waals surface area contributed by atoms with Gasteiger partial charge in [-0.1, -0.05) is 102 Å². The molecular formula is C21H36O. The van der Waals surface area contributed by atoms with Crippen molar-refractivity contribution in [2.45, 2.75) is 103 Å². The lowest BCUT2D eigenvalue weighted by Gasteiger charge is -2.04. The highest BCUT2D eigenvalue weighted by molar-refractivity contribution is 5.15. The first-order valence-corrected chi connectivity index (χ1v) is 9.29. The second kappa shape index (κ2) is 16.5. The van der Waals surface area contributed by atoms with Crippen LogP contribution in [0.3, 0.4) is 0 Å². The van der Waals surface area contributed by atoms with Crippen molar-refractivity contribution in [3.63, 3.8) is 0 Å². The molecule has 1 heteroatoms. The summed E-state index contributed by atoms with van der Waals surface area (Å²) in [6.45, 7) is 4.63. The minimum Gasteiger partial charge on any atom is -0.369 e. The van der Waals surface area contributed by atoms with Crippen molar-refractivity contribution in [1.82, 2.24) is 0 Å². The van der Waals surface area contributed by atoms with Gasteiger partial charge < -0.3 is 5.11 Å². The Morgan fingerprint density at radius 2 is 1.23 bits per heavy atom. The molecule has 0 bridgehead atoms. The third-order valence-corrected chi connectivity index (χ3v) is 3.98. The second-order valence-corrected chi connectivity index (χ2v) is 6.71. The normalized spacial score (nSPS) is 11.8. The van der Waals surface area contributed by atoms with Crippen LogP contribution in [-0.4, -0.2) is 11.2 Å². The lowest BCUT2D eigenvalue weighted by molar-refractivity contribution is 0.289. The van der Waals surface area contributed by atoms with Crippen LogP contribution in [0.4, 0.5) is 0 Å². The molecule has 0 aromatic heterocycles. The Labute approximate surface area is 139 Å². The maximum atomic E-state index is 9.06. The van der Waals surface area contributed by atoms with Crippen LogP contribution in [0.1, 0.15) is 97.3 Å². The van der Waals surface area contributed by atoms with E-state index in [-0.39, 0.29) is 0 Å². The molecule has 0 spiro atoms. The van der Waals surface area contributed by atoms with Crippen molar-refractivity contribution in [3.8, 4) is 24.2 Å². The summed E-state index contributed by atoms with van der Waals surface area (Å²) in [6.07, 6.45) is 21.3. The van der Waals surface area contributed by atoms with Crippen LogP contribution in [0.2, 0.25) is 0 Å². The Bertz CT molecular complexity index is 326. The van der Waals surface area contributed by atoms with Crippen LogP contribution in [-0.2, 0) is 0 Å². The summed E-state index contributed by atoms with van der Waals surface area (Å²) in [4.78, 5) is 0. The van der Waals surface area contributed by atoms with Gasteiger partial charge in [-0.05, 0) is 12.3 Å². The molecule has 22 heavy (non-hydrogen) atoms. The third-order valence-electron chi connectivity index (χ3n) is 3.98. The minimum atomic E-state index is -0.884. The van der Waals surface area contributed by atoms with Gasteiger partial charge in [0.1, 0.15) is 0 Å². The Balaban J connectivity index is 3.11. The first-order chi connectivity index (χ1) is 10.7. The Morgan fingerprint density at radius 3 is 1.68 bits per heavy atom. The zero-order valence-electron chi connectivity index (χ0n) is 14.9. The van der Waals surface area contributed by atoms with Crippen LogP contribution in [0.5, 0.6) is 0 Å². The molecule has 0 saturated heterocycles. The molecule has 0 aliphatic rings. The summed E-state index contributed by atoms with van der Waals surface area (Å²) in [6, 6.07) is 0. The van der Waals surface area contributed by atoms with Crippen molar-refractivity contribution < 1.29 is 5.11 Å². The Morgan fingerprint density at radius 1 is 0.773 bits per heavy atom. The largest absolute Gasteiger partial charge is 0.369 e. The molecule has 1 N–H and O–H groups in total. The average molecular weight is 305 g/mol. The molecule has 1 unspecified atom stereocenters. The van der Waals surface area contributed by atoms with Crippen molar-refractivity contribution in [2.75, 3.05) is 0 Å². The maximum Gasteiger partial charge on any atom is 0.176 e. The number of aliphatic hydroxyl groups is 1. The molecule has 0 amide bonds. The summed E-state index contributed by atoms with van der Waals surface area (Å²) in [7, 11) is 0. The summed E-state index contributed by atoms with van der Waals surface area (Å²) >= 11 is 0. The van der Waals surface area contributed by atoms with Gasteiger partial charge in [0.25, 0.3) is 0 Å². The van der Waals surface area contributed by atoms with Gasteiger partial charge in [0.05, 0.1) is 0 Å². The Kier molecular flexibility index (Phi) is 15.8. The summed E-state index contributed by atoms with van der Waals surface area (Å²) in [5, 5.41) is 9.06. The number of aliphatic hydroxyl groups excluding tert-OH is 1. The first-order valence-electron chi connectivity index (χ1n) is 9.29. The lowest BCUT2D eigenvalue weighted by atomic mass is 10.0. The lowest BCUT2D eigenvalue weighted by Crippen LogP contribution is -1.96. The molecule has 0 rings (SSSR count). The summed E-state index contributed by atoms with van der Waals surface area (Å²) in [5.74, 6) is 8.65. The Hall–Kier alpha value is -0.920. The van der Waals surface area contributed by atoms with E-state index in [0.29, 0.717) is 0 Å². The fraction of sp³-hybridized carbons (Fsp3) is 0.810. The number of hydrogen-bond acceptors (Lipinski definition) is 1. The van der Waals surface area contributed by atoms with E-state index in [1.807, 2.05) is 0 Å². The van der Waals surface area contributed by atoms with Crippen LogP contribution in [0, 0.1) is 30.1 Å². The van der Waals surface area contributed by atoms with Gasteiger partial charge in [-0.25, -0.2) is 0 Å². The number of hydrogen-bond donors (Lipinski definition) is 1. The number of terminal acetylenes is 1. The molecule has 0 heterocycles. The van der Waals surface area contributed by atoms with Crippen molar-refractivity contribution in [1.29, 1.82) is 0 Å². The zero-order valence-corrected chi connectivity index (χ0v) is 14.9. The van der Waals surface area contributed by atoms with Crippen molar-refractivity contribution >= 4 is 0 Å². The van der Waals surface area contributed by atoms with Crippen LogP contribution in [0.25, 0.3) is 0 Å². The topological polar surface area (TPSA) is 20.2 Å². The van der Waals surface area contributed by atoms with Gasteiger partial charge in [0.15, 0.2) is 6.10 Å². The molecule has 1 atom stereocenters. The van der Waals surface area contributed by atoms with Crippen LogP contribution in [0.15, 0.2) is 0 Å². The van der Waals surface area contributed by atoms with Gasteiger partial charge in [-0.15, -0.1) is 6.42 Å². The van der Waals surface area contributed by atoms with E-state index in [9.17, 15) is 0 Å². The first kappa shape index (κ1) is 21.1. The van der Waals surface area contributed by atoms with E-state index >= 15 is 0 Å². The van der Waals surface area contributed by atoms with Gasteiger partial charge in [0, 0.05) is 6.42 Å². The molecule has 0 radical (unpaired) electrons. The third kappa shape index (κ3) is 17.1. The highest BCUT2D eigenvalue weighted by Crippen LogP contribution is 2.13. The van der Waals surface area contributed by atoms with E-state index in [1.165, 1.54) is 70.6 Å². The van der Waals surface area contributed by atoms with E-state index in [1.54, 1.807) is 0 Å². The van der Waals surface area contributed by atoms with E-state index < -0.39 is 6.10 Å². The second-order valence-electron chi connectivity index (χ2n) is 6.71. The predicted molar refractivity (Wildman–Crippen MR) is 97.5 cm³/mol. The molecule has 0 aromatic carbocycles.